The van der Waals surface area contributed by atoms with Crippen molar-refractivity contribution >= 4 is 38.9 Å². The number of hydrogen-bond acceptors (Lipinski definition) is 5. The molecule has 18 heavy (non-hydrogen) atoms. The van der Waals surface area contributed by atoms with E-state index in [4.69, 9.17) is 17.3 Å². The number of aromatic nitrogens is 2. The van der Waals surface area contributed by atoms with Crippen LogP contribution in [0.15, 0.2) is 29.0 Å². The normalized spacial score (nSPS) is 10.3. The highest BCUT2D eigenvalue weighted by Gasteiger charge is 2.22. The van der Waals surface area contributed by atoms with Gasteiger partial charge in [0.1, 0.15) is 9.76 Å². The van der Waals surface area contributed by atoms with Crippen molar-refractivity contribution in [1.82, 2.24) is 9.97 Å². The van der Waals surface area contributed by atoms with Gasteiger partial charge in [-0.25, -0.2) is 9.97 Å². The lowest BCUT2D eigenvalue weighted by molar-refractivity contribution is -0.384. The van der Waals surface area contributed by atoms with Gasteiger partial charge in [0.15, 0.2) is 5.69 Å². The number of nitrogens with zero attached hydrogens (tertiary/aromatic N) is 3. The lowest BCUT2D eigenvalue weighted by Gasteiger charge is -2.07. The SMILES string of the molecule is Nc1ccnc(Cl)c1-c1nc(Br)ccc1[N+](=O)[O-]. The minimum absolute atomic E-state index is 0.0729. The van der Waals surface area contributed by atoms with Crippen LogP contribution >= 0.6 is 27.5 Å². The average molecular weight is 330 g/mol. The summed E-state index contributed by atoms with van der Waals surface area (Å²) in [6, 6.07) is 4.31. The molecule has 2 heterocycles. The molecule has 0 aliphatic rings. The van der Waals surface area contributed by atoms with Crippen molar-refractivity contribution in [3.8, 4) is 11.3 Å². The lowest BCUT2D eigenvalue weighted by atomic mass is 10.1. The third-order valence-electron chi connectivity index (χ3n) is 2.21. The zero-order chi connectivity index (χ0) is 13.3. The Balaban J connectivity index is 2.77. The molecule has 0 saturated heterocycles. The van der Waals surface area contributed by atoms with Crippen LogP contribution in [0.1, 0.15) is 0 Å². The first-order valence-corrected chi connectivity index (χ1v) is 5.89. The largest absolute Gasteiger partial charge is 0.398 e. The van der Waals surface area contributed by atoms with Crippen LogP contribution < -0.4 is 5.73 Å². The Hall–Kier alpha value is -1.73. The van der Waals surface area contributed by atoms with Gasteiger partial charge >= 0.3 is 0 Å². The molecule has 2 N–H and O–H groups in total. The smallest absolute Gasteiger partial charge is 0.295 e. The van der Waals surface area contributed by atoms with Gasteiger partial charge in [-0.1, -0.05) is 11.6 Å². The molecular weight excluding hydrogens is 323 g/mol. The zero-order valence-electron chi connectivity index (χ0n) is 8.80. The minimum atomic E-state index is -0.544. The molecule has 92 valence electrons. The Morgan fingerprint density at radius 1 is 1.39 bits per heavy atom. The topological polar surface area (TPSA) is 94.9 Å². The summed E-state index contributed by atoms with van der Waals surface area (Å²) >= 11 is 9.08. The molecular formula is C10H6BrClN4O2. The molecule has 0 amide bonds. The van der Waals surface area contributed by atoms with E-state index in [2.05, 4.69) is 25.9 Å². The van der Waals surface area contributed by atoms with Gasteiger partial charge in [0.25, 0.3) is 5.69 Å². The molecule has 0 fully saturated rings. The molecule has 0 aromatic carbocycles. The van der Waals surface area contributed by atoms with Gasteiger partial charge < -0.3 is 5.73 Å². The highest BCUT2D eigenvalue weighted by atomic mass is 79.9. The monoisotopic (exact) mass is 328 g/mol. The minimum Gasteiger partial charge on any atom is -0.398 e. The maximum atomic E-state index is 11.0. The molecule has 0 aliphatic carbocycles. The third kappa shape index (κ3) is 2.27. The fraction of sp³-hybridized carbons (Fsp3) is 0. The first-order valence-electron chi connectivity index (χ1n) is 4.72. The van der Waals surface area contributed by atoms with Crippen LogP contribution in [0.4, 0.5) is 11.4 Å². The average Bonchev–Trinajstić information content (AvgIpc) is 2.28. The number of anilines is 1. The number of rotatable bonds is 2. The first-order chi connectivity index (χ1) is 8.50. The molecule has 6 nitrogen and oxygen atoms in total. The summed E-state index contributed by atoms with van der Waals surface area (Å²) in [5.74, 6) is 0. The second-order valence-corrected chi connectivity index (χ2v) is 4.50. The molecule has 2 aromatic heterocycles. The van der Waals surface area contributed by atoms with E-state index in [1.807, 2.05) is 0 Å². The molecule has 2 aromatic rings. The van der Waals surface area contributed by atoms with Gasteiger partial charge in [-0.15, -0.1) is 0 Å². The predicted octanol–water partition coefficient (Wildman–Crippen LogP) is 3.05. The summed E-state index contributed by atoms with van der Waals surface area (Å²) in [5, 5.41) is 11.0. The van der Waals surface area contributed by atoms with Gasteiger partial charge in [0.2, 0.25) is 0 Å². The second-order valence-electron chi connectivity index (χ2n) is 3.32. The molecule has 0 unspecified atom stereocenters. The third-order valence-corrected chi connectivity index (χ3v) is 2.94. The summed E-state index contributed by atoms with van der Waals surface area (Å²) in [4.78, 5) is 18.3. The molecule has 0 bridgehead atoms. The number of nitro groups is 1. The van der Waals surface area contributed by atoms with E-state index in [1.165, 1.54) is 24.4 Å². The number of nitrogen functional groups attached to an aromatic ring is 1. The lowest BCUT2D eigenvalue weighted by Crippen LogP contribution is -1.99. The Bertz CT molecular complexity index is 615. The van der Waals surface area contributed by atoms with E-state index >= 15 is 0 Å². The number of halogens is 2. The van der Waals surface area contributed by atoms with E-state index in [0.29, 0.717) is 4.60 Å². The number of pyridine rings is 2. The molecule has 0 aliphatic heterocycles. The van der Waals surface area contributed by atoms with Crippen LogP contribution in [0.3, 0.4) is 0 Å². The second kappa shape index (κ2) is 4.87. The van der Waals surface area contributed by atoms with Crippen LogP contribution in [-0.4, -0.2) is 14.9 Å². The molecule has 0 atom stereocenters. The van der Waals surface area contributed by atoms with Crippen molar-refractivity contribution < 1.29 is 4.92 Å². The predicted molar refractivity (Wildman–Crippen MR) is 71.2 cm³/mol. The molecule has 0 spiro atoms. The van der Waals surface area contributed by atoms with Gasteiger partial charge in [0, 0.05) is 18.0 Å². The van der Waals surface area contributed by atoms with E-state index < -0.39 is 4.92 Å². The molecule has 0 saturated carbocycles. The van der Waals surface area contributed by atoms with Crippen molar-refractivity contribution in [3.05, 3.63) is 44.3 Å². The van der Waals surface area contributed by atoms with Crippen LogP contribution in [0.5, 0.6) is 0 Å². The first kappa shape index (κ1) is 12.7. The Morgan fingerprint density at radius 3 is 2.72 bits per heavy atom. The summed E-state index contributed by atoms with van der Waals surface area (Å²) in [6.07, 6.45) is 1.42. The zero-order valence-corrected chi connectivity index (χ0v) is 11.1. The van der Waals surface area contributed by atoms with E-state index in [1.54, 1.807) is 0 Å². The summed E-state index contributed by atoms with van der Waals surface area (Å²) < 4.78 is 0.447. The highest BCUT2D eigenvalue weighted by Crippen LogP contribution is 2.36. The van der Waals surface area contributed by atoms with Gasteiger partial charge in [-0.05, 0) is 28.1 Å². The van der Waals surface area contributed by atoms with Gasteiger partial charge in [0.05, 0.1) is 10.5 Å². The maximum Gasteiger partial charge on any atom is 0.295 e. The van der Waals surface area contributed by atoms with Crippen LogP contribution in [0.25, 0.3) is 11.3 Å². The maximum absolute atomic E-state index is 11.0. The fourth-order valence-electron chi connectivity index (χ4n) is 1.44. The van der Waals surface area contributed by atoms with Crippen molar-refractivity contribution in [3.63, 3.8) is 0 Å². The van der Waals surface area contributed by atoms with Crippen LogP contribution in [0.2, 0.25) is 5.15 Å². The van der Waals surface area contributed by atoms with Crippen LogP contribution in [0, 0.1) is 10.1 Å². The Labute approximate surface area is 115 Å². The fourth-order valence-corrected chi connectivity index (χ4v) is 2.01. The summed E-state index contributed by atoms with van der Waals surface area (Å²) in [7, 11) is 0. The van der Waals surface area contributed by atoms with Gasteiger partial charge in [-0.3, -0.25) is 10.1 Å². The highest BCUT2D eigenvalue weighted by molar-refractivity contribution is 9.10. The molecule has 0 radical (unpaired) electrons. The van der Waals surface area contributed by atoms with Crippen molar-refractivity contribution in [2.75, 3.05) is 5.73 Å². The van der Waals surface area contributed by atoms with E-state index in [-0.39, 0.29) is 27.8 Å². The Morgan fingerprint density at radius 2 is 2.11 bits per heavy atom. The number of hydrogen-bond donors (Lipinski definition) is 1. The van der Waals surface area contributed by atoms with Crippen molar-refractivity contribution in [1.29, 1.82) is 0 Å². The van der Waals surface area contributed by atoms with E-state index in [0.717, 1.165) is 0 Å². The van der Waals surface area contributed by atoms with Crippen molar-refractivity contribution in [2.24, 2.45) is 0 Å². The van der Waals surface area contributed by atoms with Gasteiger partial charge in [-0.2, -0.15) is 0 Å². The Kier molecular flexibility index (Phi) is 3.44. The summed E-state index contributed by atoms with van der Waals surface area (Å²) in [6.45, 7) is 0. The standard InChI is InChI=1S/C10H6BrClN4O2/c11-7-2-1-6(16(17)18)9(15-7)8-5(13)3-4-14-10(8)12/h1-4H,(H2,13,14). The van der Waals surface area contributed by atoms with Crippen molar-refractivity contribution in [2.45, 2.75) is 0 Å². The number of nitrogens with two attached hydrogens (primary N) is 1. The van der Waals surface area contributed by atoms with Crippen LogP contribution in [-0.2, 0) is 0 Å². The molecule has 8 heteroatoms. The summed E-state index contributed by atoms with van der Waals surface area (Å²) in [5.41, 5.74) is 6.22. The van der Waals surface area contributed by atoms with E-state index in [9.17, 15) is 10.1 Å². The molecule has 2 rings (SSSR count). The quantitative estimate of drug-likeness (QED) is 0.519.